The van der Waals surface area contributed by atoms with Crippen LogP contribution in [0.2, 0.25) is 0 Å². The zero-order chi connectivity index (χ0) is 19.8. The molecule has 0 N–H and O–H groups in total. The summed E-state index contributed by atoms with van der Waals surface area (Å²) in [4.78, 5) is 15.0. The van der Waals surface area contributed by atoms with Gasteiger partial charge in [-0.15, -0.1) is 11.3 Å². The molecule has 0 aliphatic rings. The molecule has 27 heavy (non-hydrogen) atoms. The Morgan fingerprint density at radius 1 is 1.04 bits per heavy atom. The van der Waals surface area contributed by atoms with Crippen molar-refractivity contribution in [2.75, 3.05) is 36.7 Å². The molecule has 0 unspecified atom stereocenters. The van der Waals surface area contributed by atoms with Gasteiger partial charge in [0.25, 0.3) is 5.91 Å². The molecule has 0 bridgehead atoms. The summed E-state index contributed by atoms with van der Waals surface area (Å²) in [5, 5.41) is 0.829. The van der Waals surface area contributed by atoms with Gasteiger partial charge in [-0.1, -0.05) is 6.07 Å². The molecule has 142 valence electrons. The van der Waals surface area contributed by atoms with Crippen LogP contribution in [0.15, 0.2) is 48.5 Å². The maximum absolute atomic E-state index is 12.9. The molecular formula is C19H20N2O4S2. The predicted molar refractivity (Wildman–Crippen MR) is 111 cm³/mol. The van der Waals surface area contributed by atoms with Crippen LogP contribution in [0.5, 0.6) is 5.75 Å². The molecule has 3 aromatic rings. The summed E-state index contributed by atoms with van der Waals surface area (Å²) in [6.45, 7) is 0. The van der Waals surface area contributed by atoms with Crippen molar-refractivity contribution >= 4 is 48.7 Å². The highest BCUT2D eigenvalue weighted by Gasteiger charge is 2.18. The number of hydrogen-bond acceptors (Lipinski definition) is 5. The second-order valence-corrected chi connectivity index (χ2v) is 9.23. The third kappa shape index (κ3) is 3.91. The fourth-order valence-corrected chi connectivity index (χ4v) is 4.14. The quantitative estimate of drug-likeness (QED) is 0.652. The van der Waals surface area contributed by atoms with Crippen molar-refractivity contribution in [3.63, 3.8) is 0 Å². The van der Waals surface area contributed by atoms with Crippen LogP contribution in [-0.4, -0.2) is 41.8 Å². The number of thiophene rings is 1. The van der Waals surface area contributed by atoms with Gasteiger partial charge >= 0.3 is 0 Å². The molecule has 0 aliphatic heterocycles. The van der Waals surface area contributed by atoms with Crippen molar-refractivity contribution in [3.8, 4) is 5.75 Å². The molecule has 1 amide bonds. The van der Waals surface area contributed by atoms with Crippen molar-refractivity contribution < 1.29 is 17.9 Å². The first kappa shape index (κ1) is 19.2. The molecule has 0 aliphatic carbocycles. The molecule has 0 spiro atoms. The van der Waals surface area contributed by atoms with E-state index in [4.69, 9.17) is 4.74 Å². The predicted octanol–water partition coefficient (Wildman–Crippen LogP) is 3.58. The van der Waals surface area contributed by atoms with Gasteiger partial charge < -0.3 is 9.64 Å². The molecule has 2 aromatic carbocycles. The number of hydrogen-bond donors (Lipinski definition) is 0. The van der Waals surface area contributed by atoms with Gasteiger partial charge in [-0.2, -0.15) is 0 Å². The van der Waals surface area contributed by atoms with E-state index in [1.54, 1.807) is 43.3 Å². The zero-order valence-electron chi connectivity index (χ0n) is 15.5. The highest BCUT2D eigenvalue weighted by Crippen LogP contribution is 2.31. The van der Waals surface area contributed by atoms with Crippen LogP contribution in [0.4, 0.5) is 11.4 Å². The van der Waals surface area contributed by atoms with E-state index in [0.29, 0.717) is 16.3 Å². The first-order chi connectivity index (χ1) is 12.7. The number of carbonyl (C=O) groups excluding carboxylic acids is 1. The first-order valence-corrected chi connectivity index (χ1v) is 10.8. The monoisotopic (exact) mass is 404 g/mol. The van der Waals surface area contributed by atoms with E-state index < -0.39 is 10.0 Å². The van der Waals surface area contributed by atoms with Gasteiger partial charge in [0.05, 0.1) is 23.9 Å². The summed E-state index contributed by atoms with van der Waals surface area (Å²) in [6.07, 6.45) is 1.16. The van der Waals surface area contributed by atoms with Crippen molar-refractivity contribution in [2.24, 2.45) is 0 Å². The van der Waals surface area contributed by atoms with Crippen LogP contribution in [0.1, 0.15) is 9.67 Å². The molecule has 3 rings (SSSR count). The van der Waals surface area contributed by atoms with Crippen molar-refractivity contribution in [3.05, 3.63) is 53.4 Å². The summed E-state index contributed by atoms with van der Waals surface area (Å²) >= 11 is 1.38. The number of nitrogens with zero attached hydrogens (tertiary/aromatic N) is 2. The molecule has 0 saturated carbocycles. The summed E-state index contributed by atoms with van der Waals surface area (Å²) in [6, 6.07) is 14.4. The summed E-state index contributed by atoms with van der Waals surface area (Å²) in [7, 11) is 1.46. The fourth-order valence-electron chi connectivity index (χ4n) is 2.63. The van der Waals surface area contributed by atoms with Crippen molar-refractivity contribution in [1.29, 1.82) is 0 Å². The normalized spacial score (nSPS) is 11.4. The van der Waals surface area contributed by atoms with Crippen LogP contribution in [0.3, 0.4) is 0 Å². The van der Waals surface area contributed by atoms with E-state index in [0.717, 1.165) is 22.0 Å². The van der Waals surface area contributed by atoms with Gasteiger partial charge in [0, 0.05) is 30.5 Å². The van der Waals surface area contributed by atoms with Gasteiger partial charge in [-0.25, -0.2) is 8.42 Å². The average Bonchev–Trinajstić information content (AvgIpc) is 3.08. The minimum absolute atomic E-state index is 0.137. The molecule has 1 aromatic heterocycles. The lowest BCUT2D eigenvalue weighted by atomic mass is 10.2. The molecular weight excluding hydrogens is 384 g/mol. The van der Waals surface area contributed by atoms with Gasteiger partial charge in [0.1, 0.15) is 5.75 Å². The lowest BCUT2D eigenvalue weighted by molar-refractivity contribution is 0.0997. The molecule has 0 atom stereocenters. The second-order valence-electron chi connectivity index (χ2n) is 6.13. The minimum Gasteiger partial charge on any atom is -0.497 e. The number of anilines is 2. The van der Waals surface area contributed by atoms with Crippen molar-refractivity contribution in [2.45, 2.75) is 0 Å². The Hall–Kier alpha value is -2.58. The Labute approximate surface area is 162 Å². The molecule has 0 radical (unpaired) electrons. The van der Waals surface area contributed by atoms with Gasteiger partial charge in [-0.05, 0) is 41.8 Å². The van der Waals surface area contributed by atoms with Crippen molar-refractivity contribution in [1.82, 2.24) is 0 Å². The van der Waals surface area contributed by atoms with E-state index in [-0.39, 0.29) is 5.91 Å². The number of ether oxygens (including phenoxy) is 1. The van der Waals surface area contributed by atoms with E-state index in [2.05, 4.69) is 0 Å². The molecule has 0 fully saturated rings. The number of amides is 1. The van der Waals surface area contributed by atoms with Gasteiger partial charge in [-0.3, -0.25) is 9.10 Å². The highest BCUT2D eigenvalue weighted by atomic mass is 32.2. The Kier molecular flexibility index (Phi) is 5.12. The number of benzene rings is 2. The third-order valence-electron chi connectivity index (χ3n) is 4.32. The van der Waals surface area contributed by atoms with Crippen LogP contribution in [0, 0.1) is 0 Å². The van der Waals surface area contributed by atoms with Crippen LogP contribution in [-0.2, 0) is 10.0 Å². The maximum Gasteiger partial charge on any atom is 0.268 e. The van der Waals surface area contributed by atoms with E-state index in [1.165, 1.54) is 22.7 Å². The molecule has 8 heteroatoms. The average molecular weight is 405 g/mol. The van der Waals surface area contributed by atoms with E-state index in [1.807, 2.05) is 24.3 Å². The first-order valence-electron chi connectivity index (χ1n) is 8.10. The van der Waals surface area contributed by atoms with Gasteiger partial charge in [0.15, 0.2) is 0 Å². The number of carbonyl (C=O) groups is 1. The van der Waals surface area contributed by atoms with Crippen LogP contribution >= 0.6 is 11.3 Å². The van der Waals surface area contributed by atoms with Crippen LogP contribution in [0.25, 0.3) is 10.1 Å². The fraction of sp³-hybridized carbons (Fsp3) is 0.211. The van der Waals surface area contributed by atoms with Crippen LogP contribution < -0.4 is 13.9 Å². The maximum atomic E-state index is 12.9. The van der Waals surface area contributed by atoms with Gasteiger partial charge in [0.2, 0.25) is 10.0 Å². The number of fused-ring (bicyclic) bond motifs is 1. The number of methoxy groups -OCH3 is 1. The Balaban J connectivity index is 1.93. The Morgan fingerprint density at radius 3 is 2.44 bits per heavy atom. The minimum atomic E-state index is -3.34. The second kappa shape index (κ2) is 7.21. The largest absolute Gasteiger partial charge is 0.497 e. The Bertz CT molecular complexity index is 1110. The third-order valence-corrected chi connectivity index (χ3v) is 6.63. The SMILES string of the molecule is COc1cccc(N(C)C(=O)c2cc3cc(N(C)S(C)(=O)=O)ccc3s2)c1. The summed E-state index contributed by atoms with van der Waals surface area (Å²) in [5.74, 6) is 0.541. The van der Waals surface area contributed by atoms with E-state index >= 15 is 0 Å². The zero-order valence-corrected chi connectivity index (χ0v) is 17.1. The summed E-state index contributed by atoms with van der Waals surface area (Å²) in [5.41, 5.74) is 1.29. The standard InChI is InChI=1S/C19H20N2O4S2/c1-20(14-6-5-7-16(12-14)25-3)19(22)18-11-13-10-15(8-9-17(13)26-18)21(2)27(4,23)24/h5-12H,1-4H3. The van der Waals surface area contributed by atoms with E-state index in [9.17, 15) is 13.2 Å². The highest BCUT2D eigenvalue weighted by molar-refractivity contribution is 7.92. The molecule has 0 saturated heterocycles. The smallest absolute Gasteiger partial charge is 0.268 e. The lowest BCUT2D eigenvalue weighted by Gasteiger charge is -2.17. The topological polar surface area (TPSA) is 66.9 Å². The summed E-state index contributed by atoms with van der Waals surface area (Å²) < 4.78 is 30.8. The lowest BCUT2D eigenvalue weighted by Crippen LogP contribution is -2.25. The molecule has 6 nitrogen and oxygen atoms in total. The number of rotatable bonds is 5. The Morgan fingerprint density at radius 2 is 1.78 bits per heavy atom. The molecule has 1 heterocycles. The number of sulfonamides is 1.